The van der Waals surface area contributed by atoms with Gasteiger partial charge in [-0.15, -0.1) is 0 Å². The number of halogens is 1. The van der Waals surface area contributed by atoms with Crippen molar-refractivity contribution in [3.8, 4) is 11.3 Å². The molecule has 0 spiro atoms. The highest BCUT2D eigenvalue weighted by Gasteiger charge is 2.31. The molecule has 3 rings (SSSR count). The van der Waals surface area contributed by atoms with E-state index in [-0.39, 0.29) is 5.82 Å². The minimum absolute atomic E-state index is 0.249. The molecule has 0 unspecified atom stereocenters. The minimum atomic E-state index is -0.249. The zero-order valence-corrected chi connectivity index (χ0v) is 12.9. The predicted molar refractivity (Wildman–Crippen MR) is 83.6 cm³/mol. The van der Waals surface area contributed by atoms with E-state index in [0.29, 0.717) is 17.7 Å². The predicted octanol–water partition coefficient (Wildman–Crippen LogP) is 4.11. The molecule has 2 aromatic rings. The van der Waals surface area contributed by atoms with E-state index in [1.54, 1.807) is 6.07 Å². The van der Waals surface area contributed by atoms with Gasteiger partial charge >= 0.3 is 0 Å². The first-order valence-electron chi connectivity index (χ1n) is 7.59. The number of hydrogen-bond acceptors (Lipinski definition) is 2. The number of nitrogens with zero attached hydrogens (tertiary/aromatic N) is 2. The molecule has 1 aliphatic rings. The lowest BCUT2D eigenvalue weighted by atomic mass is 10.1. The quantitative estimate of drug-likeness (QED) is 0.919. The molecule has 0 bridgehead atoms. The van der Waals surface area contributed by atoms with Crippen molar-refractivity contribution in [1.29, 1.82) is 0 Å². The lowest BCUT2D eigenvalue weighted by molar-refractivity contribution is 0.512. The third-order valence-corrected chi connectivity index (χ3v) is 3.98. The topological polar surface area (TPSA) is 43.8 Å². The molecular formula is C17H22FN3. The van der Waals surface area contributed by atoms with Crippen molar-refractivity contribution in [2.24, 2.45) is 5.92 Å². The molecule has 3 nitrogen and oxygen atoms in total. The SMILES string of the molecule is Cc1ccc(F)cc1-c1nc(C2CC2)n(CC(C)C)c1N. The average Bonchev–Trinajstić information content (AvgIpc) is 3.21. The van der Waals surface area contributed by atoms with E-state index in [1.807, 2.05) is 6.92 Å². The van der Waals surface area contributed by atoms with Gasteiger partial charge in [-0.25, -0.2) is 9.37 Å². The van der Waals surface area contributed by atoms with Gasteiger partial charge in [-0.3, -0.25) is 0 Å². The van der Waals surface area contributed by atoms with Crippen LogP contribution in [0.2, 0.25) is 0 Å². The van der Waals surface area contributed by atoms with E-state index in [0.717, 1.165) is 29.2 Å². The number of hydrogen-bond donors (Lipinski definition) is 1. The van der Waals surface area contributed by atoms with Crippen LogP contribution in [0.3, 0.4) is 0 Å². The van der Waals surface area contributed by atoms with Gasteiger partial charge in [-0.1, -0.05) is 19.9 Å². The van der Waals surface area contributed by atoms with Gasteiger partial charge in [0.05, 0.1) is 0 Å². The molecule has 1 fully saturated rings. The summed E-state index contributed by atoms with van der Waals surface area (Å²) in [5.74, 6) is 2.51. The monoisotopic (exact) mass is 287 g/mol. The Morgan fingerprint density at radius 2 is 2.10 bits per heavy atom. The van der Waals surface area contributed by atoms with Crippen LogP contribution in [0.25, 0.3) is 11.3 Å². The Balaban J connectivity index is 2.12. The first-order chi connectivity index (χ1) is 9.97. The second-order valence-electron chi connectivity index (χ2n) is 6.44. The third kappa shape index (κ3) is 2.67. The number of aromatic nitrogens is 2. The number of nitrogen functional groups attached to an aromatic ring is 1. The van der Waals surface area contributed by atoms with Gasteiger partial charge in [0.1, 0.15) is 23.2 Å². The van der Waals surface area contributed by atoms with Gasteiger partial charge in [0.15, 0.2) is 0 Å². The van der Waals surface area contributed by atoms with E-state index in [9.17, 15) is 4.39 Å². The summed E-state index contributed by atoms with van der Waals surface area (Å²) in [6.45, 7) is 7.16. The molecule has 0 amide bonds. The molecule has 0 saturated heterocycles. The number of benzene rings is 1. The Morgan fingerprint density at radius 1 is 1.38 bits per heavy atom. The first kappa shape index (κ1) is 14.1. The minimum Gasteiger partial charge on any atom is -0.383 e. The van der Waals surface area contributed by atoms with Crippen molar-refractivity contribution in [2.75, 3.05) is 5.73 Å². The van der Waals surface area contributed by atoms with Crippen LogP contribution in [-0.2, 0) is 6.54 Å². The Morgan fingerprint density at radius 3 is 2.71 bits per heavy atom. The summed E-state index contributed by atoms with van der Waals surface area (Å²) >= 11 is 0. The van der Waals surface area contributed by atoms with E-state index in [4.69, 9.17) is 10.7 Å². The van der Waals surface area contributed by atoms with E-state index < -0.39 is 0 Å². The van der Waals surface area contributed by atoms with Crippen LogP contribution in [0.5, 0.6) is 0 Å². The lowest BCUT2D eigenvalue weighted by Crippen LogP contribution is -2.11. The van der Waals surface area contributed by atoms with Gasteiger partial charge in [0.25, 0.3) is 0 Å². The maximum Gasteiger partial charge on any atom is 0.131 e. The number of aryl methyl sites for hydroxylation is 1. The zero-order valence-electron chi connectivity index (χ0n) is 12.9. The Bertz CT molecular complexity index is 669. The summed E-state index contributed by atoms with van der Waals surface area (Å²) in [5, 5.41) is 0. The van der Waals surface area contributed by atoms with Gasteiger partial charge in [0.2, 0.25) is 0 Å². The molecule has 1 heterocycles. The molecule has 1 aromatic carbocycles. The van der Waals surface area contributed by atoms with Gasteiger partial charge in [0, 0.05) is 18.0 Å². The number of nitrogens with two attached hydrogens (primary N) is 1. The van der Waals surface area contributed by atoms with Crippen LogP contribution in [0, 0.1) is 18.7 Å². The molecule has 1 saturated carbocycles. The van der Waals surface area contributed by atoms with E-state index in [2.05, 4.69) is 18.4 Å². The molecule has 112 valence electrons. The molecule has 21 heavy (non-hydrogen) atoms. The second-order valence-corrected chi connectivity index (χ2v) is 6.44. The second kappa shape index (κ2) is 5.17. The van der Waals surface area contributed by atoms with Crippen LogP contribution >= 0.6 is 0 Å². The zero-order chi connectivity index (χ0) is 15.1. The van der Waals surface area contributed by atoms with Crippen molar-refractivity contribution in [2.45, 2.75) is 46.1 Å². The molecule has 0 atom stereocenters. The maximum absolute atomic E-state index is 13.6. The molecule has 1 aromatic heterocycles. The molecule has 1 aliphatic carbocycles. The highest BCUT2D eigenvalue weighted by Crippen LogP contribution is 2.42. The third-order valence-electron chi connectivity index (χ3n) is 3.98. The largest absolute Gasteiger partial charge is 0.383 e. The van der Waals surface area contributed by atoms with Crippen LogP contribution < -0.4 is 5.73 Å². The van der Waals surface area contributed by atoms with Crippen LogP contribution in [-0.4, -0.2) is 9.55 Å². The molecule has 2 N–H and O–H groups in total. The van der Waals surface area contributed by atoms with Gasteiger partial charge in [-0.2, -0.15) is 0 Å². The Kier molecular flexibility index (Phi) is 3.47. The lowest BCUT2D eigenvalue weighted by Gasteiger charge is -2.12. The van der Waals surface area contributed by atoms with Gasteiger partial charge < -0.3 is 10.3 Å². The van der Waals surface area contributed by atoms with Crippen molar-refractivity contribution >= 4 is 5.82 Å². The van der Waals surface area contributed by atoms with Crippen molar-refractivity contribution in [1.82, 2.24) is 9.55 Å². The fourth-order valence-electron chi connectivity index (χ4n) is 2.74. The summed E-state index contributed by atoms with van der Waals surface area (Å²) in [6.07, 6.45) is 2.35. The first-order valence-corrected chi connectivity index (χ1v) is 7.59. The van der Waals surface area contributed by atoms with Crippen LogP contribution in [0.1, 0.15) is 44.0 Å². The fourth-order valence-corrected chi connectivity index (χ4v) is 2.74. The van der Waals surface area contributed by atoms with Crippen molar-refractivity contribution in [3.05, 3.63) is 35.4 Å². The molecule has 0 radical (unpaired) electrons. The summed E-state index contributed by atoms with van der Waals surface area (Å²) < 4.78 is 15.7. The highest BCUT2D eigenvalue weighted by molar-refractivity contribution is 5.74. The maximum atomic E-state index is 13.6. The summed E-state index contributed by atoms with van der Waals surface area (Å²) in [7, 11) is 0. The molecular weight excluding hydrogens is 265 g/mol. The summed E-state index contributed by atoms with van der Waals surface area (Å²) in [6, 6.07) is 4.79. The summed E-state index contributed by atoms with van der Waals surface area (Å²) in [4.78, 5) is 4.77. The summed E-state index contributed by atoms with van der Waals surface area (Å²) in [5.41, 5.74) is 8.88. The number of rotatable bonds is 4. The molecule has 0 aliphatic heterocycles. The van der Waals surface area contributed by atoms with Crippen molar-refractivity contribution < 1.29 is 4.39 Å². The highest BCUT2D eigenvalue weighted by atomic mass is 19.1. The number of anilines is 1. The Labute approximate surface area is 125 Å². The van der Waals surface area contributed by atoms with Gasteiger partial charge in [-0.05, 0) is 43.4 Å². The van der Waals surface area contributed by atoms with E-state index in [1.165, 1.54) is 25.0 Å². The van der Waals surface area contributed by atoms with Crippen molar-refractivity contribution in [3.63, 3.8) is 0 Å². The smallest absolute Gasteiger partial charge is 0.131 e. The number of imidazole rings is 1. The normalized spacial score (nSPS) is 14.9. The standard InChI is InChI=1S/C17H22FN3/c1-10(2)9-21-16(19)15(20-17(21)12-5-6-12)14-8-13(18)7-4-11(14)3/h4,7-8,10,12H,5-6,9,19H2,1-3H3. The average molecular weight is 287 g/mol. The Hall–Kier alpha value is -1.84. The molecule has 4 heteroatoms. The van der Waals surface area contributed by atoms with Crippen LogP contribution in [0.15, 0.2) is 18.2 Å². The fraction of sp³-hybridized carbons (Fsp3) is 0.471. The van der Waals surface area contributed by atoms with Crippen LogP contribution in [0.4, 0.5) is 10.2 Å². The van der Waals surface area contributed by atoms with E-state index >= 15 is 0 Å².